The van der Waals surface area contributed by atoms with Crippen LogP contribution in [0.15, 0.2) is 0 Å². The van der Waals surface area contributed by atoms with Gasteiger partial charge in [0.1, 0.15) is 12.2 Å². The normalized spacial score (nSPS) is 43.9. The summed E-state index contributed by atoms with van der Waals surface area (Å²) in [5.74, 6) is -0.676. The van der Waals surface area contributed by atoms with Crippen molar-refractivity contribution in [3.8, 4) is 0 Å². The van der Waals surface area contributed by atoms with Gasteiger partial charge in [-0.3, -0.25) is 0 Å². The molecule has 5 fully saturated rings. The molecule has 4 saturated carbocycles. The Kier molecular flexibility index (Phi) is 7.21. The molecule has 0 aromatic rings. The summed E-state index contributed by atoms with van der Waals surface area (Å²) < 4.78 is 70.3. The van der Waals surface area contributed by atoms with Gasteiger partial charge in [-0.15, -0.1) is 0 Å². The summed E-state index contributed by atoms with van der Waals surface area (Å²) in [6, 6.07) is 0. The number of fused-ring (bicyclic) bond motifs is 4. The molecule has 4 N–H and O–H groups in total. The third-order valence-electron chi connectivity index (χ3n) is 12.0. The van der Waals surface area contributed by atoms with E-state index in [0.717, 1.165) is 12.8 Å². The van der Waals surface area contributed by atoms with Crippen molar-refractivity contribution in [1.82, 2.24) is 9.44 Å². The Morgan fingerprint density at radius 1 is 0.692 bits per heavy atom. The summed E-state index contributed by atoms with van der Waals surface area (Å²) >= 11 is 0. The van der Waals surface area contributed by atoms with Crippen molar-refractivity contribution in [1.29, 1.82) is 0 Å². The highest BCUT2D eigenvalue weighted by Crippen LogP contribution is 2.67. The standard InChI is InChI=1S/C27H48N2O8S2/c1-23(2)17-7-9-26(23,21(30)11-17)15-38(32,33)28-13-19-20(37-25(5,6)36-19)14-29-39(34,35)16-27-10-8-18(12-22(27)31)24(27,3)4/h17-22,28-31H,7-16H2,1-6H3/t17-,18+,19-,20-,21-,22?,26+,27-/m0/s1. The lowest BCUT2D eigenvalue weighted by atomic mass is 9.70. The van der Waals surface area contributed by atoms with Crippen LogP contribution in [0.25, 0.3) is 0 Å². The van der Waals surface area contributed by atoms with Crippen LogP contribution in [-0.4, -0.2) is 81.8 Å². The Labute approximate surface area is 234 Å². The van der Waals surface area contributed by atoms with Crippen LogP contribution in [0, 0.1) is 33.5 Å². The van der Waals surface area contributed by atoms with Crippen molar-refractivity contribution in [3.05, 3.63) is 0 Å². The molecule has 0 amide bonds. The number of ether oxygens (including phenoxy) is 2. The Hall–Kier alpha value is -0.340. The van der Waals surface area contributed by atoms with Crippen molar-refractivity contribution < 1.29 is 36.5 Å². The summed E-state index contributed by atoms with van der Waals surface area (Å²) in [4.78, 5) is 0. The van der Waals surface area contributed by atoms with E-state index in [1.54, 1.807) is 13.8 Å². The Bertz CT molecular complexity index is 1100. The van der Waals surface area contributed by atoms with Crippen LogP contribution < -0.4 is 9.44 Å². The second kappa shape index (κ2) is 9.33. The van der Waals surface area contributed by atoms with Crippen molar-refractivity contribution >= 4 is 20.0 Å². The summed E-state index contributed by atoms with van der Waals surface area (Å²) in [6.45, 7) is 11.5. The van der Waals surface area contributed by atoms with Gasteiger partial charge < -0.3 is 19.7 Å². The third-order valence-corrected chi connectivity index (χ3v) is 15.0. The lowest BCUT2D eigenvalue weighted by molar-refractivity contribution is -0.145. The van der Waals surface area contributed by atoms with Gasteiger partial charge in [0.05, 0.1) is 23.7 Å². The molecule has 0 aromatic carbocycles. The SMILES string of the molecule is CC1(C)O[C@@H](CNS(=O)(=O)C[C@@]23CC[C@H](CC2O)C3(C)C)[C@H](CNS(=O)(=O)C[C@]23CC[C@@H](C[C@@H]2O)C3(C)C)O1. The Balaban J connectivity index is 1.22. The predicted molar refractivity (Wildman–Crippen MR) is 147 cm³/mol. The first-order valence-corrected chi connectivity index (χ1v) is 17.7. The van der Waals surface area contributed by atoms with Crippen LogP contribution in [-0.2, 0) is 29.5 Å². The molecule has 1 unspecified atom stereocenters. The summed E-state index contributed by atoms with van der Waals surface area (Å²) in [6.07, 6.45) is 1.79. The minimum absolute atomic E-state index is 0.0639. The average Bonchev–Trinajstić information content (AvgIpc) is 3.43. The number of aliphatic hydroxyl groups excluding tert-OH is 2. The molecule has 4 bridgehead atoms. The van der Waals surface area contributed by atoms with Crippen LogP contribution in [0.1, 0.15) is 80.1 Å². The summed E-state index contributed by atoms with van der Waals surface area (Å²) in [5.41, 5.74) is -1.89. The quantitative estimate of drug-likeness (QED) is 0.299. The average molecular weight is 593 g/mol. The fraction of sp³-hybridized carbons (Fsp3) is 1.00. The molecular weight excluding hydrogens is 544 g/mol. The number of aliphatic hydroxyl groups is 2. The Morgan fingerprint density at radius 2 is 1.05 bits per heavy atom. The zero-order valence-electron chi connectivity index (χ0n) is 24.2. The molecule has 0 aromatic heterocycles. The van der Waals surface area contributed by atoms with Crippen LogP contribution in [0.5, 0.6) is 0 Å². The maximum Gasteiger partial charge on any atom is 0.212 e. The molecular formula is C27H48N2O8S2. The molecule has 10 nitrogen and oxygen atoms in total. The van der Waals surface area contributed by atoms with Gasteiger partial charge in [0.15, 0.2) is 5.79 Å². The molecule has 39 heavy (non-hydrogen) atoms. The maximum absolute atomic E-state index is 13.2. The van der Waals surface area contributed by atoms with E-state index in [-0.39, 0.29) is 35.4 Å². The smallest absolute Gasteiger partial charge is 0.212 e. The van der Waals surface area contributed by atoms with Gasteiger partial charge in [-0.2, -0.15) is 0 Å². The third kappa shape index (κ3) is 4.82. The van der Waals surface area contributed by atoms with Gasteiger partial charge in [0.2, 0.25) is 20.0 Å². The van der Waals surface area contributed by atoms with Gasteiger partial charge in [0.25, 0.3) is 0 Å². The molecule has 4 aliphatic carbocycles. The highest BCUT2D eigenvalue weighted by molar-refractivity contribution is 7.89. The minimum atomic E-state index is -3.76. The topological polar surface area (TPSA) is 151 Å². The first-order chi connectivity index (χ1) is 17.8. The van der Waals surface area contributed by atoms with Crippen LogP contribution >= 0.6 is 0 Å². The first kappa shape index (κ1) is 30.1. The van der Waals surface area contributed by atoms with E-state index < -0.39 is 61.1 Å². The van der Waals surface area contributed by atoms with Gasteiger partial charge in [-0.1, -0.05) is 27.7 Å². The maximum atomic E-state index is 13.2. The lowest BCUT2D eigenvalue weighted by Crippen LogP contribution is -2.50. The molecule has 0 radical (unpaired) electrons. The second-order valence-corrected chi connectivity index (χ2v) is 18.3. The summed E-state index contributed by atoms with van der Waals surface area (Å²) in [7, 11) is -7.52. The predicted octanol–water partition coefficient (Wildman–Crippen LogP) is 1.72. The zero-order valence-corrected chi connectivity index (χ0v) is 25.8. The van der Waals surface area contributed by atoms with Crippen molar-refractivity contribution in [3.63, 3.8) is 0 Å². The lowest BCUT2D eigenvalue weighted by Gasteiger charge is -2.40. The van der Waals surface area contributed by atoms with Crippen LogP contribution in [0.2, 0.25) is 0 Å². The molecule has 1 heterocycles. The van der Waals surface area contributed by atoms with E-state index in [1.165, 1.54) is 0 Å². The van der Waals surface area contributed by atoms with Gasteiger partial charge in [-0.25, -0.2) is 26.3 Å². The highest BCUT2D eigenvalue weighted by Gasteiger charge is 2.66. The van der Waals surface area contributed by atoms with E-state index in [2.05, 4.69) is 37.1 Å². The van der Waals surface area contributed by atoms with E-state index in [9.17, 15) is 27.0 Å². The molecule has 0 spiro atoms. The fourth-order valence-corrected chi connectivity index (χ4v) is 13.0. The van der Waals surface area contributed by atoms with E-state index in [0.29, 0.717) is 37.5 Å². The number of sulfonamides is 2. The highest BCUT2D eigenvalue weighted by atomic mass is 32.2. The van der Waals surface area contributed by atoms with Crippen molar-refractivity contribution in [2.45, 2.75) is 110 Å². The fourth-order valence-electron chi connectivity index (χ4n) is 9.21. The van der Waals surface area contributed by atoms with Crippen LogP contribution in [0.4, 0.5) is 0 Å². The molecule has 226 valence electrons. The Morgan fingerprint density at radius 3 is 1.33 bits per heavy atom. The van der Waals surface area contributed by atoms with Gasteiger partial charge in [0, 0.05) is 23.9 Å². The number of rotatable bonds is 10. The molecule has 1 saturated heterocycles. The first-order valence-electron chi connectivity index (χ1n) is 14.4. The van der Waals surface area contributed by atoms with Crippen LogP contribution in [0.3, 0.4) is 0 Å². The van der Waals surface area contributed by atoms with E-state index in [4.69, 9.17) is 9.47 Å². The monoisotopic (exact) mass is 592 g/mol. The molecule has 12 heteroatoms. The number of hydrogen-bond donors (Lipinski definition) is 4. The van der Waals surface area contributed by atoms with Gasteiger partial charge >= 0.3 is 0 Å². The van der Waals surface area contributed by atoms with Gasteiger partial charge in [-0.05, 0) is 75.0 Å². The molecule has 5 aliphatic rings. The number of nitrogens with one attached hydrogen (secondary N) is 2. The number of hydrogen-bond acceptors (Lipinski definition) is 8. The molecule has 8 atom stereocenters. The van der Waals surface area contributed by atoms with Crippen molar-refractivity contribution in [2.75, 3.05) is 24.6 Å². The zero-order chi connectivity index (χ0) is 28.9. The van der Waals surface area contributed by atoms with Crippen molar-refractivity contribution in [2.24, 2.45) is 33.5 Å². The van der Waals surface area contributed by atoms with E-state index in [1.807, 2.05) is 0 Å². The van der Waals surface area contributed by atoms with E-state index >= 15 is 0 Å². The summed E-state index contributed by atoms with van der Waals surface area (Å²) in [5, 5.41) is 21.6. The molecule has 5 rings (SSSR count). The minimum Gasteiger partial charge on any atom is -0.392 e. The molecule has 1 aliphatic heterocycles. The largest absolute Gasteiger partial charge is 0.392 e. The second-order valence-electron chi connectivity index (χ2n) is 14.7.